The maximum absolute atomic E-state index is 13.5. The van der Waals surface area contributed by atoms with Crippen molar-refractivity contribution in [3.8, 4) is 11.1 Å². The van der Waals surface area contributed by atoms with E-state index in [-0.39, 0.29) is 31.8 Å². The fraction of sp³-hybridized carbons (Fsp3) is 0.400. The summed E-state index contributed by atoms with van der Waals surface area (Å²) in [5.74, 6) is -2.64. The number of rotatable bonds is 14. The summed E-state index contributed by atoms with van der Waals surface area (Å²) in [6.45, 7) is 5.72. The molecule has 1 aliphatic rings. The van der Waals surface area contributed by atoms with E-state index in [4.69, 9.17) is 9.47 Å². The molecule has 2 amide bonds. The summed E-state index contributed by atoms with van der Waals surface area (Å²) < 4.78 is 10.9. The number of aliphatic carboxylic acids is 1. The van der Waals surface area contributed by atoms with Crippen LogP contribution in [0.5, 0.6) is 0 Å². The topological polar surface area (TPSA) is 144 Å². The molecule has 1 heterocycles. The highest BCUT2D eigenvalue weighted by atomic mass is 16.6. The van der Waals surface area contributed by atoms with Crippen molar-refractivity contribution in [2.24, 2.45) is 5.92 Å². The van der Waals surface area contributed by atoms with Crippen LogP contribution >= 0.6 is 0 Å². The van der Waals surface area contributed by atoms with Crippen LogP contribution in [0.1, 0.15) is 69.1 Å². The molecule has 2 aromatic carbocycles. The first kappa shape index (κ1) is 33.2. The van der Waals surface area contributed by atoms with Crippen molar-refractivity contribution >= 4 is 23.9 Å². The Morgan fingerprint density at radius 3 is 2.18 bits per heavy atom. The van der Waals surface area contributed by atoms with Crippen LogP contribution in [0.2, 0.25) is 0 Å². The van der Waals surface area contributed by atoms with Gasteiger partial charge in [-0.1, -0.05) is 54.6 Å². The Labute approximate surface area is 263 Å². The number of carboxylic acids is 1. The summed E-state index contributed by atoms with van der Waals surface area (Å²) in [5.41, 5.74) is 4.41. The molecule has 0 radical (unpaired) electrons. The number of nitrogens with zero attached hydrogens (tertiary/aromatic N) is 1. The molecule has 0 spiro atoms. The molecule has 10 heteroatoms. The van der Waals surface area contributed by atoms with Crippen LogP contribution in [0.4, 0.5) is 9.59 Å². The van der Waals surface area contributed by atoms with Crippen LogP contribution in [0.15, 0.2) is 73.1 Å². The molecule has 0 unspecified atom stereocenters. The van der Waals surface area contributed by atoms with Gasteiger partial charge >= 0.3 is 18.2 Å². The SMILES string of the molecule is CC(C)(C)OC(=O)NCCCC[C@H](NC(=O)OCC1c2ccccc2-c2ccccc21)C(=O)C[C@H](Cc1cccnc1)C(=O)O. The number of unbranched alkanes of at least 4 members (excludes halogenated alkanes) is 1. The Bertz CT molecular complexity index is 1440. The highest BCUT2D eigenvalue weighted by Gasteiger charge is 2.31. The van der Waals surface area contributed by atoms with Crippen LogP contribution in [0.25, 0.3) is 11.1 Å². The third-order valence-electron chi connectivity index (χ3n) is 7.61. The molecule has 0 saturated heterocycles. The van der Waals surface area contributed by atoms with Crippen molar-refractivity contribution < 1.29 is 33.8 Å². The number of ether oxygens (including phenoxy) is 2. The molecule has 1 aliphatic carbocycles. The normalized spacial score (nSPS) is 13.6. The number of hydrogen-bond acceptors (Lipinski definition) is 7. The summed E-state index contributed by atoms with van der Waals surface area (Å²) >= 11 is 0. The van der Waals surface area contributed by atoms with E-state index in [2.05, 4.69) is 15.6 Å². The first-order valence-electron chi connectivity index (χ1n) is 15.2. The summed E-state index contributed by atoms with van der Waals surface area (Å²) in [6.07, 6.45) is 3.00. The van der Waals surface area contributed by atoms with Crippen LogP contribution < -0.4 is 10.6 Å². The average Bonchev–Trinajstić information content (AvgIpc) is 3.32. The van der Waals surface area contributed by atoms with Gasteiger partial charge in [0, 0.05) is 31.3 Å². The second-order valence-electron chi connectivity index (χ2n) is 12.2. The van der Waals surface area contributed by atoms with Crippen LogP contribution in [-0.2, 0) is 25.5 Å². The molecular formula is C35H41N3O7. The molecule has 2 atom stereocenters. The fourth-order valence-electron chi connectivity index (χ4n) is 5.51. The minimum absolute atomic E-state index is 0.0827. The molecule has 0 fully saturated rings. The first-order chi connectivity index (χ1) is 21.5. The van der Waals surface area contributed by atoms with Gasteiger partial charge < -0.3 is 25.2 Å². The largest absolute Gasteiger partial charge is 0.481 e. The number of carbonyl (C=O) groups is 4. The smallest absolute Gasteiger partial charge is 0.407 e. The van der Waals surface area contributed by atoms with Crippen molar-refractivity contribution in [3.05, 3.63) is 89.7 Å². The number of Topliss-reactive ketones (excluding diaryl/α,β-unsaturated/α-hetero) is 1. The predicted molar refractivity (Wildman–Crippen MR) is 169 cm³/mol. The molecule has 4 rings (SSSR count). The van der Waals surface area contributed by atoms with Gasteiger partial charge in [0.05, 0.1) is 12.0 Å². The summed E-state index contributed by atoms with van der Waals surface area (Å²) in [7, 11) is 0. The number of hydrogen-bond donors (Lipinski definition) is 3. The van der Waals surface area contributed by atoms with Gasteiger partial charge in [0.2, 0.25) is 0 Å². The van der Waals surface area contributed by atoms with Crippen molar-refractivity contribution in [1.82, 2.24) is 15.6 Å². The minimum Gasteiger partial charge on any atom is -0.481 e. The first-order valence-corrected chi connectivity index (χ1v) is 15.2. The number of benzene rings is 2. The third kappa shape index (κ3) is 9.63. The lowest BCUT2D eigenvalue weighted by Gasteiger charge is -2.21. The Hall–Kier alpha value is -4.73. The number of carboxylic acid groups (broad SMARTS) is 1. The van der Waals surface area contributed by atoms with E-state index in [1.165, 1.54) is 0 Å². The van der Waals surface area contributed by atoms with E-state index < -0.39 is 41.5 Å². The molecule has 10 nitrogen and oxygen atoms in total. The van der Waals surface area contributed by atoms with Gasteiger partial charge in [0.25, 0.3) is 0 Å². The van der Waals surface area contributed by atoms with Crippen LogP contribution in [0.3, 0.4) is 0 Å². The molecule has 238 valence electrons. The van der Waals surface area contributed by atoms with Crippen molar-refractivity contribution in [3.63, 3.8) is 0 Å². The maximum atomic E-state index is 13.5. The van der Waals surface area contributed by atoms with Gasteiger partial charge in [0.15, 0.2) is 5.78 Å². The zero-order valence-electron chi connectivity index (χ0n) is 26.0. The molecule has 3 N–H and O–H groups in total. The molecule has 0 saturated carbocycles. The number of aromatic nitrogens is 1. The van der Waals surface area contributed by atoms with Crippen LogP contribution in [0, 0.1) is 5.92 Å². The van der Waals surface area contributed by atoms with Gasteiger partial charge in [0.1, 0.15) is 12.2 Å². The molecule has 45 heavy (non-hydrogen) atoms. The van der Waals surface area contributed by atoms with E-state index in [0.29, 0.717) is 24.9 Å². The van der Waals surface area contributed by atoms with E-state index in [9.17, 15) is 24.3 Å². The Morgan fingerprint density at radius 1 is 0.911 bits per heavy atom. The fourth-order valence-corrected chi connectivity index (χ4v) is 5.51. The lowest BCUT2D eigenvalue weighted by atomic mass is 9.91. The summed E-state index contributed by atoms with van der Waals surface area (Å²) in [4.78, 5) is 54.6. The second-order valence-corrected chi connectivity index (χ2v) is 12.2. The van der Waals surface area contributed by atoms with E-state index >= 15 is 0 Å². The van der Waals surface area contributed by atoms with Gasteiger partial charge in [-0.15, -0.1) is 0 Å². The number of amides is 2. The monoisotopic (exact) mass is 615 g/mol. The second kappa shape index (κ2) is 15.3. The number of nitrogens with one attached hydrogen (secondary N) is 2. The van der Waals surface area contributed by atoms with Gasteiger partial charge in [-0.25, -0.2) is 9.59 Å². The molecule has 1 aromatic heterocycles. The predicted octanol–water partition coefficient (Wildman–Crippen LogP) is 5.89. The van der Waals surface area contributed by atoms with Crippen molar-refractivity contribution in [2.75, 3.05) is 13.2 Å². The Balaban J connectivity index is 1.38. The molecule has 0 aliphatic heterocycles. The molecule has 0 bridgehead atoms. The van der Waals surface area contributed by atoms with Gasteiger partial charge in [-0.2, -0.15) is 0 Å². The maximum Gasteiger partial charge on any atom is 0.407 e. The highest BCUT2D eigenvalue weighted by molar-refractivity contribution is 5.90. The molecule has 3 aromatic rings. The highest BCUT2D eigenvalue weighted by Crippen LogP contribution is 2.44. The van der Waals surface area contributed by atoms with E-state index in [0.717, 1.165) is 22.3 Å². The van der Waals surface area contributed by atoms with E-state index in [1.54, 1.807) is 45.3 Å². The minimum atomic E-state index is -1.10. The zero-order chi connectivity index (χ0) is 32.4. The summed E-state index contributed by atoms with van der Waals surface area (Å²) in [5, 5.41) is 15.2. The number of fused-ring (bicyclic) bond motifs is 3. The van der Waals surface area contributed by atoms with Crippen molar-refractivity contribution in [2.45, 2.75) is 70.4 Å². The van der Waals surface area contributed by atoms with Crippen molar-refractivity contribution in [1.29, 1.82) is 0 Å². The van der Waals surface area contributed by atoms with E-state index in [1.807, 2.05) is 48.5 Å². The van der Waals surface area contributed by atoms with Crippen LogP contribution in [-0.4, -0.2) is 58.8 Å². The number of ketones is 1. The number of pyridine rings is 1. The third-order valence-corrected chi connectivity index (χ3v) is 7.61. The number of carbonyl (C=O) groups excluding carboxylic acids is 3. The number of alkyl carbamates (subject to hydrolysis) is 2. The quantitative estimate of drug-likeness (QED) is 0.191. The average molecular weight is 616 g/mol. The lowest BCUT2D eigenvalue weighted by Crippen LogP contribution is -2.43. The standard InChI is InChI=1S/C35H41N3O7/c1-35(2,3)45-33(42)37-18-9-8-16-30(31(39)20-24(32(40)41)19-23-11-10-17-36-21-23)38-34(43)44-22-29-27-14-6-4-12-25(27)26-13-5-7-15-28(26)29/h4-7,10-15,17,21,24,29-30H,8-9,16,18-20,22H2,1-3H3,(H,37,42)(H,38,43)(H,40,41)/t24-,30-/m0/s1. The Morgan fingerprint density at radius 2 is 1.58 bits per heavy atom. The van der Waals surface area contributed by atoms with Gasteiger partial charge in [-0.3, -0.25) is 14.6 Å². The summed E-state index contributed by atoms with van der Waals surface area (Å²) in [6, 6.07) is 18.5. The van der Waals surface area contributed by atoms with Gasteiger partial charge in [-0.05, 0) is 80.3 Å². The Kier molecular flexibility index (Phi) is 11.3. The zero-order valence-corrected chi connectivity index (χ0v) is 26.0. The lowest BCUT2D eigenvalue weighted by molar-refractivity contribution is -0.144. The molecular weight excluding hydrogens is 574 g/mol.